The van der Waals surface area contributed by atoms with Gasteiger partial charge in [0.2, 0.25) is 5.91 Å². The van der Waals surface area contributed by atoms with Gasteiger partial charge in [-0.15, -0.1) is 0 Å². The van der Waals surface area contributed by atoms with Crippen LogP contribution in [0, 0.1) is 6.92 Å². The number of rotatable bonds is 4. The molecule has 1 amide bonds. The Bertz CT molecular complexity index is 558. The molecule has 1 aromatic carbocycles. The lowest BCUT2D eigenvalue weighted by atomic mass is 10.1. The molecule has 0 spiro atoms. The van der Waals surface area contributed by atoms with Gasteiger partial charge in [-0.1, -0.05) is 12.1 Å². The first-order valence-corrected chi connectivity index (χ1v) is 6.17. The van der Waals surface area contributed by atoms with Crippen LogP contribution in [0.1, 0.15) is 16.9 Å². The van der Waals surface area contributed by atoms with E-state index in [0.29, 0.717) is 18.7 Å². The summed E-state index contributed by atoms with van der Waals surface area (Å²) in [5, 5.41) is 0. The van der Waals surface area contributed by atoms with Crippen LogP contribution in [0.4, 0.5) is 5.69 Å². The number of benzene rings is 1. The standard InChI is InChI=1S/C15H18N2O2/c1-11-13(7-8-19-11)10-17(2)15(18)9-12-3-5-14(16)6-4-12/h3-8H,9-10,16H2,1-2H3. The van der Waals surface area contributed by atoms with E-state index in [2.05, 4.69) is 0 Å². The number of likely N-dealkylation sites (N-methyl/N-ethyl adjacent to an activating group) is 1. The minimum absolute atomic E-state index is 0.0744. The number of anilines is 1. The molecule has 0 aliphatic heterocycles. The first-order chi connectivity index (χ1) is 9.06. The summed E-state index contributed by atoms with van der Waals surface area (Å²) in [5.74, 6) is 0.928. The van der Waals surface area contributed by atoms with Crippen molar-refractivity contribution >= 4 is 11.6 Å². The van der Waals surface area contributed by atoms with Crippen molar-refractivity contribution in [3.63, 3.8) is 0 Å². The second-order valence-corrected chi connectivity index (χ2v) is 4.67. The van der Waals surface area contributed by atoms with E-state index < -0.39 is 0 Å². The molecule has 2 aromatic rings. The zero-order valence-electron chi connectivity index (χ0n) is 11.2. The van der Waals surface area contributed by atoms with Crippen molar-refractivity contribution in [3.8, 4) is 0 Å². The van der Waals surface area contributed by atoms with Crippen molar-refractivity contribution in [1.82, 2.24) is 4.90 Å². The van der Waals surface area contributed by atoms with Crippen LogP contribution in [0.25, 0.3) is 0 Å². The summed E-state index contributed by atoms with van der Waals surface area (Å²) >= 11 is 0. The number of amides is 1. The van der Waals surface area contributed by atoms with Gasteiger partial charge >= 0.3 is 0 Å². The average Bonchev–Trinajstić information content (AvgIpc) is 2.78. The second-order valence-electron chi connectivity index (χ2n) is 4.67. The summed E-state index contributed by atoms with van der Waals surface area (Å²) in [6.07, 6.45) is 2.02. The van der Waals surface area contributed by atoms with E-state index in [-0.39, 0.29) is 5.91 Å². The maximum atomic E-state index is 12.1. The SMILES string of the molecule is Cc1occc1CN(C)C(=O)Cc1ccc(N)cc1. The van der Waals surface area contributed by atoms with Gasteiger partial charge in [0.25, 0.3) is 0 Å². The minimum atomic E-state index is 0.0744. The van der Waals surface area contributed by atoms with E-state index in [9.17, 15) is 4.79 Å². The second kappa shape index (κ2) is 5.61. The fourth-order valence-electron chi connectivity index (χ4n) is 1.86. The minimum Gasteiger partial charge on any atom is -0.469 e. The zero-order chi connectivity index (χ0) is 13.8. The summed E-state index contributed by atoms with van der Waals surface area (Å²) in [7, 11) is 1.80. The van der Waals surface area contributed by atoms with Crippen LogP contribution in [0.2, 0.25) is 0 Å². The highest BCUT2D eigenvalue weighted by molar-refractivity contribution is 5.78. The number of carbonyl (C=O) groups excluding carboxylic acids is 1. The van der Waals surface area contributed by atoms with Crippen molar-refractivity contribution in [2.24, 2.45) is 0 Å². The molecule has 0 fully saturated rings. The molecular weight excluding hydrogens is 240 g/mol. The monoisotopic (exact) mass is 258 g/mol. The van der Waals surface area contributed by atoms with E-state index in [1.165, 1.54) is 0 Å². The lowest BCUT2D eigenvalue weighted by molar-refractivity contribution is -0.129. The van der Waals surface area contributed by atoms with E-state index in [1.807, 2.05) is 37.3 Å². The smallest absolute Gasteiger partial charge is 0.227 e. The molecule has 19 heavy (non-hydrogen) atoms. The zero-order valence-corrected chi connectivity index (χ0v) is 11.2. The number of carbonyl (C=O) groups is 1. The fraction of sp³-hybridized carbons (Fsp3) is 0.267. The van der Waals surface area contributed by atoms with Crippen molar-refractivity contribution in [2.75, 3.05) is 12.8 Å². The fourth-order valence-corrected chi connectivity index (χ4v) is 1.86. The number of hydrogen-bond acceptors (Lipinski definition) is 3. The van der Waals surface area contributed by atoms with Crippen LogP contribution >= 0.6 is 0 Å². The largest absolute Gasteiger partial charge is 0.469 e. The van der Waals surface area contributed by atoms with Crippen LogP contribution in [-0.2, 0) is 17.8 Å². The van der Waals surface area contributed by atoms with Crippen LogP contribution in [0.3, 0.4) is 0 Å². The third-order valence-electron chi connectivity index (χ3n) is 3.13. The van der Waals surface area contributed by atoms with E-state index >= 15 is 0 Å². The predicted molar refractivity (Wildman–Crippen MR) is 74.5 cm³/mol. The quantitative estimate of drug-likeness (QED) is 0.856. The summed E-state index contributed by atoms with van der Waals surface area (Å²) < 4.78 is 5.22. The van der Waals surface area contributed by atoms with Gasteiger partial charge in [-0.25, -0.2) is 0 Å². The van der Waals surface area contributed by atoms with Gasteiger partial charge in [0.15, 0.2) is 0 Å². The number of hydrogen-bond donors (Lipinski definition) is 1. The van der Waals surface area contributed by atoms with E-state index in [4.69, 9.17) is 10.2 Å². The molecule has 2 N–H and O–H groups in total. The molecule has 1 aromatic heterocycles. The van der Waals surface area contributed by atoms with Crippen LogP contribution < -0.4 is 5.73 Å². The van der Waals surface area contributed by atoms with Gasteiger partial charge < -0.3 is 15.1 Å². The Kier molecular flexibility index (Phi) is 3.90. The first kappa shape index (κ1) is 13.2. The Hall–Kier alpha value is -2.23. The van der Waals surface area contributed by atoms with Crippen molar-refractivity contribution in [2.45, 2.75) is 19.9 Å². The molecule has 100 valence electrons. The van der Waals surface area contributed by atoms with Crippen molar-refractivity contribution in [3.05, 3.63) is 53.5 Å². The van der Waals surface area contributed by atoms with E-state index in [1.54, 1.807) is 18.2 Å². The molecule has 0 aliphatic carbocycles. The summed E-state index contributed by atoms with van der Waals surface area (Å²) in [6, 6.07) is 9.27. The summed E-state index contributed by atoms with van der Waals surface area (Å²) in [5.41, 5.74) is 8.33. The Morgan fingerprint density at radius 2 is 1.95 bits per heavy atom. The number of nitrogen functional groups attached to an aromatic ring is 1. The van der Waals surface area contributed by atoms with Crippen LogP contribution in [0.5, 0.6) is 0 Å². The highest BCUT2D eigenvalue weighted by Gasteiger charge is 2.12. The normalized spacial score (nSPS) is 10.4. The van der Waals surface area contributed by atoms with Gasteiger partial charge in [0, 0.05) is 24.8 Å². The molecule has 0 atom stereocenters. The Balaban J connectivity index is 1.96. The highest BCUT2D eigenvalue weighted by atomic mass is 16.3. The molecule has 0 saturated carbocycles. The Morgan fingerprint density at radius 1 is 1.26 bits per heavy atom. The molecule has 0 saturated heterocycles. The predicted octanol–water partition coefficient (Wildman–Crippen LogP) is 2.37. The number of nitrogens with two attached hydrogens (primary N) is 1. The molecule has 2 rings (SSSR count). The maximum Gasteiger partial charge on any atom is 0.227 e. The summed E-state index contributed by atoms with van der Waals surface area (Å²) in [4.78, 5) is 13.8. The molecule has 1 heterocycles. The third-order valence-corrected chi connectivity index (χ3v) is 3.13. The molecular formula is C15H18N2O2. The highest BCUT2D eigenvalue weighted by Crippen LogP contribution is 2.12. The van der Waals surface area contributed by atoms with E-state index in [0.717, 1.165) is 16.9 Å². The van der Waals surface area contributed by atoms with Gasteiger partial charge in [-0.2, -0.15) is 0 Å². The van der Waals surface area contributed by atoms with Crippen LogP contribution in [-0.4, -0.2) is 17.9 Å². The molecule has 0 aliphatic rings. The Labute approximate surface area is 112 Å². The lowest BCUT2D eigenvalue weighted by Crippen LogP contribution is -2.27. The van der Waals surface area contributed by atoms with Gasteiger partial charge in [-0.05, 0) is 30.7 Å². The molecule has 0 radical (unpaired) electrons. The number of nitrogens with zero attached hydrogens (tertiary/aromatic N) is 1. The topological polar surface area (TPSA) is 59.5 Å². The first-order valence-electron chi connectivity index (χ1n) is 6.17. The van der Waals surface area contributed by atoms with Crippen LogP contribution in [0.15, 0.2) is 41.0 Å². The number of aryl methyl sites for hydroxylation is 1. The van der Waals surface area contributed by atoms with Gasteiger partial charge in [0.05, 0.1) is 12.7 Å². The summed E-state index contributed by atoms with van der Waals surface area (Å²) in [6.45, 7) is 2.46. The van der Waals surface area contributed by atoms with Gasteiger partial charge in [-0.3, -0.25) is 4.79 Å². The Morgan fingerprint density at radius 3 is 2.53 bits per heavy atom. The molecule has 4 heteroatoms. The third kappa shape index (κ3) is 3.37. The maximum absolute atomic E-state index is 12.1. The van der Waals surface area contributed by atoms with Crippen molar-refractivity contribution < 1.29 is 9.21 Å². The molecule has 0 bridgehead atoms. The van der Waals surface area contributed by atoms with Crippen molar-refractivity contribution in [1.29, 1.82) is 0 Å². The van der Waals surface area contributed by atoms with Gasteiger partial charge in [0.1, 0.15) is 5.76 Å². The average molecular weight is 258 g/mol. The number of furan rings is 1. The molecule has 0 unspecified atom stereocenters. The lowest BCUT2D eigenvalue weighted by Gasteiger charge is -2.16. The molecule has 4 nitrogen and oxygen atoms in total.